The monoisotopic (exact) mass is 269 g/mol. The molecule has 18 heavy (non-hydrogen) atoms. The van der Waals surface area contributed by atoms with Crippen molar-refractivity contribution in [1.29, 1.82) is 0 Å². The van der Waals surface area contributed by atoms with E-state index in [1.807, 2.05) is 37.3 Å². The predicted octanol–water partition coefficient (Wildman–Crippen LogP) is 2.59. The molecule has 1 rings (SSSR count). The highest BCUT2D eigenvalue weighted by Crippen LogP contribution is 2.20. The Morgan fingerprint density at radius 1 is 1.39 bits per heavy atom. The summed E-state index contributed by atoms with van der Waals surface area (Å²) in [6.07, 6.45) is 0.418. The van der Waals surface area contributed by atoms with Gasteiger partial charge in [0.15, 0.2) is 0 Å². The minimum absolute atomic E-state index is 0.0122. The topological polar surface area (TPSA) is 40.5 Å². The van der Waals surface area contributed by atoms with Crippen LogP contribution in [-0.4, -0.2) is 34.9 Å². The molecule has 0 bridgehead atoms. The van der Waals surface area contributed by atoms with E-state index in [1.165, 1.54) is 0 Å². The van der Waals surface area contributed by atoms with E-state index in [0.29, 0.717) is 18.7 Å². The summed E-state index contributed by atoms with van der Waals surface area (Å²) in [5.41, 5.74) is 0.821. The van der Waals surface area contributed by atoms with Crippen molar-refractivity contribution in [3.8, 4) is 0 Å². The highest BCUT2D eigenvalue weighted by atomic mass is 35.5. The van der Waals surface area contributed by atoms with Crippen LogP contribution in [0.1, 0.15) is 31.4 Å². The summed E-state index contributed by atoms with van der Waals surface area (Å²) in [5.74, 6) is 0.494. The maximum Gasteiger partial charge on any atom is 0.222 e. The molecule has 0 fully saturated rings. The molecule has 0 aliphatic carbocycles. The molecule has 3 nitrogen and oxygen atoms in total. The molecule has 2 unspecified atom stereocenters. The lowest BCUT2D eigenvalue weighted by Crippen LogP contribution is -2.39. The minimum Gasteiger partial charge on any atom is -0.386 e. The van der Waals surface area contributed by atoms with Crippen LogP contribution in [0.2, 0.25) is 0 Å². The second kappa shape index (κ2) is 7.39. The Balaban J connectivity index is 2.63. The zero-order valence-electron chi connectivity index (χ0n) is 10.8. The van der Waals surface area contributed by atoms with Crippen LogP contribution < -0.4 is 0 Å². The van der Waals surface area contributed by atoms with E-state index in [4.69, 9.17) is 11.6 Å². The fourth-order valence-corrected chi connectivity index (χ4v) is 1.90. The third-order valence-electron chi connectivity index (χ3n) is 3.13. The van der Waals surface area contributed by atoms with Gasteiger partial charge in [0.1, 0.15) is 0 Å². The molecule has 0 heterocycles. The number of hydrogen-bond donors (Lipinski definition) is 1. The van der Waals surface area contributed by atoms with Crippen molar-refractivity contribution in [2.45, 2.75) is 31.9 Å². The molecule has 4 heteroatoms. The van der Waals surface area contributed by atoms with Crippen LogP contribution in [0, 0.1) is 0 Å². The number of carbonyl (C=O) groups is 1. The van der Waals surface area contributed by atoms with E-state index in [9.17, 15) is 9.90 Å². The smallest absolute Gasteiger partial charge is 0.222 e. The summed E-state index contributed by atoms with van der Waals surface area (Å²) in [7, 11) is 1.72. The van der Waals surface area contributed by atoms with E-state index >= 15 is 0 Å². The molecule has 0 spiro atoms. The van der Waals surface area contributed by atoms with Gasteiger partial charge in [0, 0.05) is 19.3 Å². The van der Waals surface area contributed by atoms with Crippen molar-refractivity contribution in [1.82, 2.24) is 4.90 Å². The molecular weight excluding hydrogens is 250 g/mol. The standard InChI is InChI=1S/C14H20ClNO2/c1-11(16(2)13(17)9-6-10-15)14(18)12-7-4-3-5-8-12/h3-5,7-8,11,14,18H,6,9-10H2,1-2H3. The number of rotatable bonds is 6. The van der Waals surface area contributed by atoms with Gasteiger partial charge >= 0.3 is 0 Å². The molecule has 0 radical (unpaired) electrons. The van der Waals surface area contributed by atoms with Gasteiger partial charge in [-0.25, -0.2) is 0 Å². The van der Waals surface area contributed by atoms with E-state index in [1.54, 1.807) is 11.9 Å². The normalized spacial score (nSPS) is 14.0. The number of benzene rings is 1. The number of aliphatic hydroxyl groups excluding tert-OH is 1. The van der Waals surface area contributed by atoms with Gasteiger partial charge in [-0.05, 0) is 18.9 Å². The molecular formula is C14H20ClNO2. The van der Waals surface area contributed by atoms with Crippen LogP contribution in [0.4, 0.5) is 0 Å². The summed E-state index contributed by atoms with van der Waals surface area (Å²) in [6.45, 7) is 1.84. The molecule has 0 aromatic heterocycles. The van der Waals surface area contributed by atoms with Crippen LogP contribution in [0.3, 0.4) is 0 Å². The Bertz CT molecular complexity index is 369. The number of aliphatic hydroxyl groups is 1. The van der Waals surface area contributed by atoms with Gasteiger partial charge in [-0.3, -0.25) is 4.79 Å². The summed E-state index contributed by atoms with van der Waals surface area (Å²) in [5, 5.41) is 10.2. The molecule has 2 atom stereocenters. The fourth-order valence-electron chi connectivity index (χ4n) is 1.76. The molecule has 0 aliphatic heterocycles. The minimum atomic E-state index is -0.670. The van der Waals surface area contributed by atoms with E-state index in [2.05, 4.69) is 0 Å². The van der Waals surface area contributed by atoms with Gasteiger partial charge in [0.25, 0.3) is 0 Å². The Kier molecular flexibility index (Phi) is 6.16. The predicted molar refractivity (Wildman–Crippen MR) is 73.6 cm³/mol. The Morgan fingerprint density at radius 2 is 2.00 bits per heavy atom. The lowest BCUT2D eigenvalue weighted by molar-refractivity contribution is -0.133. The average molecular weight is 270 g/mol. The zero-order valence-corrected chi connectivity index (χ0v) is 11.6. The van der Waals surface area contributed by atoms with Crippen molar-refractivity contribution in [3.63, 3.8) is 0 Å². The molecule has 1 aromatic rings. The number of alkyl halides is 1. The number of hydrogen-bond acceptors (Lipinski definition) is 2. The quantitative estimate of drug-likeness (QED) is 0.807. The first-order valence-corrected chi connectivity index (χ1v) is 6.66. The molecule has 0 saturated heterocycles. The lowest BCUT2D eigenvalue weighted by Gasteiger charge is -2.29. The SMILES string of the molecule is CC(C(O)c1ccccc1)N(C)C(=O)CCCCl. The van der Waals surface area contributed by atoms with E-state index in [-0.39, 0.29) is 11.9 Å². The Labute approximate surface area is 113 Å². The maximum atomic E-state index is 11.8. The maximum absolute atomic E-state index is 11.8. The first kappa shape index (κ1) is 15.0. The molecule has 0 saturated carbocycles. The van der Waals surface area contributed by atoms with E-state index in [0.717, 1.165) is 5.56 Å². The molecule has 1 N–H and O–H groups in total. The van der Waals surface area contributed by atoms with Gasteiger partial charge in [0.05, 0.1) is 12.1 Å². The van der Waals surface area contributed by atoms with Gasteiger partial charge in [-0.2, -0.15) is 0 Å². The van der Waals surface area contributed by atoms with Gasteiger partial charge < -0.3 is 10.0 Å². The molecule has 1 amide bonds. The van der Waals surface area contributed by atoms with Crippen LogP contribution in [0.5, 0.6) is 0 Å². The Morgan fingerprint density at radius 3 is 2.56 bits per heavy atom. The van der Waals surface area contributed by atoms with Gasteiger partial charge in [0.2, 0.25) is 5.91 Å². The lowest BCUT2D eigenvalue weighted by atomic mass is 10.0. The number of carbonyl (C=O) groups excluding carboxylic acids is 1. The summed E-state index contributed by atoms with van der Waals surface area (Å²) >= 11 is 5.57. The van der Waals surface area contributed by atoms with Crippen molar-refractivity contribution in [3.05, 3.63) is 35.9 Å². The molecule has 0 aliphatic rings. The Hall–Kier alpha value is -1.06. The number of likely N-dealkylation sites (N-methyl/N-ethyl adjacent to an activating group) is 1. The molecule has 100 valence electrons. The first-order chi connectivity index (χ1) is 8.57. The van der Waals surface area contributed by atoms with Crippen molar-refractivity contribution >= 4 is 17.5 Å². The number of amides is 1. The van der Waals surface area contributed by atoms with Crippen molar-refractivity contribution in [2.75, 3.05) is 12.9 Å². The van der Waals surface area contributed by atoms with Crippen molar-refractivity contribution < 1.29 is 9.90 Å². The van der Waals surface area contributed by atoms with Crippen LogP contribution >= 0.6 is 11.6 Å². The number of halogens is 1. The van der Waals surface area contributed by atoms with E-state index < -0.39 is 6.10 Å². The second-order valence-corrected chi connectivity index (χ2v) is 4.77. The van der Waals surface area contributed by atoms with Gasteiger partial charge in [-0.15, -0.1) is 11.6 Å². The summed E-state index contributed by atoms with van der Waals surface area (Å²) in [6, 6.07) is 9.11. The van der Waals surface area contributed by atoms with Crippen LogP contribution in [0.15, 0.2) is 30.3 Å². The highest BCUT2D eigenvalue weighted by Gasteiger charge is 2.23. The third-order valence-corrected chi connectivity index (χ3v) is 3.39. The first-order valence-electron chi connectivity index (χ1n) is 6.12. The summed E-state index contributed by atoms with van der Waals surface area (Å²) < 4.78 is 0. The summed E-state index contributed by atoms with van der Waals surface area (Å²) in [4.78, 5) is 13.4. The van der Waals surface area contributed by atoms with Crippen LogP contribution in [0.25, 0.3) is 0 Å². The highest BCUT2D eigenvalue weighted by molar-refractivity contribution is 6.17. The second-order valence-electron chi connectivity index (χ2n) is 4.39. The van der Waals surface area contributed by atoms with Crippen LogP contribution in [-0.2, 0) is 4.79 Å². The molecule has 1 aromatic carbocycles. The third kappa shape index (κ3) is 4.00. The van der Waals surface area contributed by atoms with Gasteiger partial charge in [-0.1, -0.05) is 30.3 Å². The fraction of sp³-hybridized carbons (Fsp3) is 0.500. The average Bonchev–Trinajstić information content (AvgIpc) is 2.43. The largest absolute Gasteiger partial charge is 0.386 e. The zero-order chi connectivity index (χ0) is 13.5. The van der Waals surface area contributed by atoms with Crippen molar-refractivity contribution in [2.24, 2.45) is 0 Å². The number of nitrogens with zero attached hydrogens (tertiary/aromatic N) is 1.